The van der Waals surface area contributed by atoms with Crippen molar-refractivity contribution in [3.63, 3.8) is 0 Å². The lowest BCUT2D eigenvalue weighted by molar-refractivity contribution is -0.140. The molecule has 20 heavy (non-hydrogen) atoms. The molecule has 0 heterocycles. The summed E-state index contributed by atoms with van der Waals surface area (Å²) in [5.74, 6) is -1.81. The minimum Gasteiger partial charge on any atom is -0.481 e. The first kappa shape index (κ1) is 16.2. The Morgan fingerprint density at radius 2 is 2.00 bits per heavy atom. The Morgan fingerprint density at radius 1 is 1.35 bits per heavy atom. The summed E-state index contributed by atoms with van der Waals surface area (Å²) in [7, 11) is 1.44. The first-order chi connectivity index (χ1) is 9.36. The largest absolute Gasteiger partial charge is 0.481 e. The van der Waals surface area contributed by atoms with Gasteiger partial charge in [0.15, 0.2) is 0 Å². The lowest BCUT2D eigenvalue weighted by atomic mass is 10.1. The number of carboxylic acids is 1. The predicted octanol–water partition coefficient (Wildman–Crippen LogP) is 2.00. The van der Waals surface area contributed by atoms with Gasteiger partial charge >= 0.3 is 5.97 Å². The molecule has 0 aliphatic rings. The van der Waals surface area contributed by atoms with Gasteiger partial charge in [-0.1, -0.05) is 19.1 Å². The van der Waals surface area contributed by atoms with E-state index in [2.05, 4.69) is 0 Å². The summed E-state index contributed by atoms with van der Waals surface area (Å²) in [5, 5.41) is 9.04. The molecule has 0 aliphatic carbocycles. The number of carbonyl (C=O) groups is 2. The molecule has 0 aromatic heterocycles. The molecule has 0 aliphatic heterocycles. The second kappa shape index (κ2) is 7.05. The van der Waals surface area contributed by atoms with Crippen molar-refractivity contribution in [2.75, 3.05) is 25.2 Å². The Labute approximate surface area is 119 Å². The van der Waals surface area contributed by atoms with Crippen LogP contribution in [0, 0.1) is 19.8 Å². The number of methoxy groups -OCH3 is 1. The van der Waals surface area contributed by atoms with Crippen molar-refractivity contribution in [3.8, 4) is 0 Å². The molecule has 0 saturated carbocycles. The van der Waals surface area contributed by atoms with Crippen LogP contribution in [0.5, 0.6) is 0 Å². The van der Waals surface area contributed by atoms with E-state index in [0.29, 0.717) is 0 Å². The van der Waals surface area contributed by atoms with Gasteiger partial charge in [-0.05, 0) is 31.0 Å². The van der Waals surface area contributed by atoms with Gasteiger partial charge in [-0.2, -0.15) is 0 Å². The highest BCUT2D eigenvalue weighted by molar-refractivity contribution is 5.95. The second-order valence-corrected chi connectivity index (χ2v) is 4.97. The van der Waals surface area contributed by atoms with E-state index >= 15 is 0 Å². The highest BCUT2D eigenvalue weighted by atomic mass is 16.5. The third kappa shape index (κ3) is 4.06. The molecule has 1 rings (SSSR count). The van der Waals surface area contributed by atoms with Crippen LogP contribution < -0.4 is 4.90 Å². The van der Waals surface area contributed by atoms with Gasteiger partial charge in [0.1, 0.15) is 6.61 Å². The Kier molecular flexibility index (Phi) is 5.70. The zero-order valence-electron chi connectivity index (χ0n) is 12.3. The monoisotopic (exact) mass is 279 g/mol. The van der Waals surface area contributed by atoms with Crippen LogP contribution in [0.2, 0.25) is 0 Å². The van der Waals surface area contributed by atoms with Crippen LogP contribution in [0.3, 0.4) is 0 Å². The Hall–Kier alpha value is -1.88. The summed E-state index contributed by atoms with van der Waals surface area (Å²) in [4.78, 5) is 24.7. The molecule has 0 spiro atoms. The zero-order valence-corrected chi connectivity index (χ0v) is 12.3. The summed E-state index contributed by atoms with van der Waals surface area (Å²) in [6, 6.07) is 5.76. The minimum atomic E-state index is -0.925. The molecular formula is C15H21NO4. The lowest BCUT2D eigenvalue weighted by Crippen LogP contribution is -2.39. The number of amides is 1. The van der Waals surface area contributed by atoms with Gasteiger partial charge in [-0.25, -0.2) is 0 Å². The molecule has 1 N–H and O–H groups in total. The average Bonchev–Trinajstić information content (AvgIpc) is 2.38. The Balaban J connectivity index is 3.12. The lowest BCUT2D eigenvalue weighted by Gasteiger charge is -2.26. The van der Waals surface area contributed by atoms with Crippen LogP contribution in [-0.2, 0) is 14.3 Å². The highest BCUT2D eigenvalue weighted by Gasteiger charge is 2.23. The second-order valence-electron chi connectivity index (χ2n) is 4.97. The number of aliphatic carboxylic acids is 1. The van der Waals surface area contributed by atoms with Gasteiger partial charge in [0.05, 0.1) is 5.92 Å². The number of nitrogens with zero attached hydrogens (tertiary/aromatic N) is 1. The van der Waals surface area contributed by atoms with Gasteiger partial charge < -0.3 is 14.7 Å². The molecule has 1 unspecified atom stereocenters. The third-order valence-electron chi connectivity index (χ3n) is 3.10. The molecule has 1 amide bonds. The molecule has 1 atom stereocenters. The van der Waals surface area contributed by atoms with E-state index in [4.69, 9.17) is 9.84 Å². The van der Waals surface area contributed by atoms with Gasteiger partial charge in [0, 0.05) is 19.3 Å². The summed E-state index contributed by atoms with van der Waals surface area (Å²) < 4.78 is 4.88. The number of aryl methyl sites for hydroxylation is 2. The first-order valence-electron chi connectivity index (χ1n) is 6.46. The number of carbonyl (C=O) groups excluding carboxylic acids is 1. The van der Waals surface area contributed by atoms with Crippen molar-refractivity contribution >= 4 is 17.6 Å². The zero-order chi connectivity index (χ0) is 15.3. The standard InChI is InChI=1S/C15H21NO4/c1-10-5-6-11(2)13(7-10)16(14(17)9-20-4)8-12(3)15(18)19/h5-7,12H,8-9H2,1-4H3,(H,18,19). The molecule has 0 bridgehead atoms. The van der Waals surface area contributed by atoms with Gasteiger partial charge in [0.2, 0.25) is 0 Å². The van der Waals surface area contributed by atoms with Crippen LogP contribution in [-0.4, -0.2) is 37.2 Å². The number of anilines is 1. The molecule has 110 valence electrons. The van der Waals surface area contributed by atoms with E-state index in [9.17, 15) is 9.59 Å². The van der Waals surface area contributed by atoms with Crippen molar-refractivity contribution in [2.24, 2.45) is 5.92 Å². The number of carboxylic acid groups (broad SMARTS) is 1. The number of ether oxygens (including phenoxy) is 1. The first-order valence-corrected chi connectivity index (χ1v) is 6.46. The summed E-state index contributed by atoms with van der Waals surface area (Å²) >= 11 is 0. The van der Waals surface area contributed by atoms with Crippen molar-refractivity contribution in [1.82, 2.24) is 0 Å². The molecule has 5 heteroatoms. The van der Waals surface area contributed by atoms with Crippen molar-refractivity contribution < 1.29 is 19.4 Å². The van der Waals surface area contributed by atoms with Crippen LogP contribution in [0.15, 0.2) is 18.2 Å². The van der Waals surface area contributed by atoms with Crippen LogP contribution in [0.4, 0.5) is 5.69 Å². The van der Waals surface area contributed by atoms with E-state index in [-0.39, 0.29) is 19.1 Å². The fraction of sp³-hybridized carbons (Fsp3) is 0.467. The SMILES string of the molecule is COCC(=O)N(CC(C)C(=O)O)c1cc(C)ccc1C. The quantitative estimate of drug-likeness (QED) is 0.865. The summed E-state index contributed by atoms with van der Waals surface area (Å²) in [5.41, 5.74) is 2.68. The fourth-order valence-corrected chi connectivity index (χ4v) is 1.90. The number of benzene rings is 1. The maximum Gasteiger partial charge on any atom is 0.308 e. The molecule has 5 nitrogen and oxygen atoms in total. The van der Waals surface area contributed by atoms with Crippen molar-refractivity contribution in [1.29, 1.82) is 0 Å². The van der Waals surface area contributed by atoms with Crippen molar-refractivity contribution in [3.05, 3.63) is 29.3 Å². The van der Waals surface area contributed by atoms with Crippen molar-refractivity contribution in [2.45, 2.75) is 20.8 Å². The maximum absolute atomic E-state index is 12.2. The topological polar surface area (TPSA) is 66.8 Å². The number of rotatable bonds is 6. The predicted molar refractivity (Wildman–Crippen MR) is 76.9 cm³/mol. The van der Waals surface area contributed by atoms with E-state index < -0.39 is 11.9 Å². The maximum atomic E-state index is 12.2. The van der Waals surface area contributed by atoms with Crippen LogP contribution in [0.1, 0.15) is 18.1 Å². The third-order valence-corrected chi connectivity index (χ3v) is 3.10. The van der Waals surface area contributed by atoms with Gasteiger partial charge in [-0.3, -0.25) is 9.59 Å². The Morgan fingerprint density at radius 3 is 2.55 bits per heavy atom. The molecule has 0 saturated heterocycles. The van der Waals surface area contributed by atoms with E-state index in [1.54, 1.807) is 6.92 Å². The van der Waals surface area contributed by atoms with Crippen LogP contribution in [0.25, 0.3) is 0 Å². The van der Waals surface area contributed by atoms with Gasteiger partial charge in [-0.15, -0.1) is 0 Å². The minimum absolute atomic E-state index is 0.0697. The summed E-state index contributed by atoms with van der Waals surface area (Å²) in [6.45, 7) is 5.47. The summed E-state index contributed by atoms with van der Waals surface area (Å²) in [6.07, 6.45) is 0. The van der Waals surface area contributed by atoms with E-state index in [1.165, 1.54) is 12.0 Å². The molecule has 1 aromatic carbocycles. The Bertz CT molecular complexity index is 499. The number of hydrogen-bond acceptors (Lipinski definition) is 3. The molecule has 1 aromatic rings. The molecule has 0 fully saturated rings. The van der Waals surface area contributed by atoms with E-state index in [0.717, 1.165) is 16.8 Å². The number of hydrogen-bond donors (Lipinski definition) is 1. The molecule has 0 radical (unpaired) electrons. The van der Waals surface area contributed by atoms with E-state index in [1.807, 2.05) is 32.0 Å². The van der Waals surface area contributed by atoms with Crippen LogP contribution >= 0.6 is 0 Å². The van der Waals surface area contributed by atoms with Gasteiger partial charge in [0.25, 0.3) is 5.91 Å². The molecular weight excluding hydrogens is 258 g/mol. The highest BCUT2D eigenvalue weighted by Crippen LogP contribution is 2.23. The normalized spacial score (nSPS) is 12.0. The average molecular weight is 279 g/mol. The smallest absolute Gasteiger partial charge is 0.308 e. The fourth-order valence-electron chi connectivity index (χ4n) is 1.90.